The van der Waals surface area contributed by atoms with Crippen LogP contribution in [-0.4, -0.2) is 63.5 Å². The van der Waals surface area contributed by atoms with E-state index < -0.39 is 0 Å². The first-order valence-electron chi connectivity index (χ1n) is 11.1. The van der Waals surface area contributed by atoms with Gasteiger partial charge in [0, 0.05) is 45.5 Å². The van der Waals surface area contributed by atoms with Crippen LogP contribution >= 0.6 is 0 Å². The minimum absolute atomic E-state index is 0.350. The van der Waals surface area contributed by atoms with Gasteiger partial charge >= 0.3 is 0 Å². The van der Waals surface area contributed by atoms with Gasteiger partial charge in [-0.1, -0.05) is 18.2 Å². The fourth-order valence-corrected chi connectivity index (χ4v) is 3.54. The van der Waals surface area contributed by atoms with Gasteiger partial charge < -0.3 is 24.4 Å². The third kappa shape index (κ3) is 7.52. The highest BCUT2D eigenvalue weighted by Gasteiger charge is 2.23. The monoisotopic (exact) mass is 403 g/mol. The fraction of sp³-hybridized carbons (Fsp3) is 0.696. The molecule has 1 saturated carbocycles. The first-order valence-corrected chi connectivity index (χ1v) is 11.1. The molecule has 0 aromatic heterocycles. The second-order valence-electron chi connectivity index (χ2n) is 7.94. The number of methoxy groups -OCH3 is 1. The lowest BCUT2D eigenvalue weighted by molar-refractivity contribution is 0.00990. The van der Waals surface area contributed by atoms with Gasteiger partial charge in [-0.2, -0.15) is 0 Å². The van der Waals surface area contributed by atoms with E-state index in [-0.39, 0.29) is 0 Å². The Balaban J connectivity index is 1.51. The SMILES string of the molecule is CCNC(=NCc1ccccc1OCC1CC1)N1CCC(OCCCOC)CC1. The summed E-state index contributed by atoms with van der Waals surface area (Å²) in [5, 5.41) is 3.45. The van der Waals surface area contributed by atoms with Crippen LogP contribution < -0.4 is 10.1 Å². The standard InChI is InChI=1S/C23H37N3O3/c1-3-24-23(26-13-11-21(12-14-26)28-16-6-15-27-2)25-17-20-7-4-5-8-22(20)29-18-19-9-10-19/h4-5,7-8,19,21H,3,6,9-18H2,1-2H3,(H,24,25). The molecule has 2 aliphatic rings. The van der Waals surface area contributed by atoms with Crippen molar-refractivity contribution in [1.82, 2.24) is 10.2 Å². The van der Waals surface area contributed by atoms with Gasteiger partial charge in [-0.25, -0.2) is 4.99 Å². The Labute approximate surface area is 175 Å². The minimum Gasteiger partial charge on any atom is -0.493 e. The van der Waals surface area contributed by atoms with Crippen molar-refractivity contribution in [2.24, 2.45) is 10.9 Å². The smallest absolute Gasteiger partial charge is 0.194 e. The molecule has 0 unspecified atom stereocenters. The molecule has 2 fully saturated rings. The van der Waals surface area contributed by atoms with Crippen molar-refractivity contribution in [1.29, 1.82) is 0 Å². The minimum atomic E-state index is 0.350. The van der Waals surface area contributed by atoms with E-state index in [0.29, 0.717) is 12.6 Å². The molecule has 1 aromatic carbocycles. The number of ether oxygens (including phenoxy) is 3. The van der Waals surface area contributed by atoms with Gasteiger partial charge in [-0.3, -0.25) is 0 Å². The molecule has 1 aromatic rings. The average Bonchev–Trinajstić information content (AvgIpc) is 3.58. The predicted molar refractivity (Wildman–Crippen MR) is 117 cm³/mol. The zero-order valence-corrected chi connectivity index (χ0v) is 18.1. The summed E-state index contributed by atoms with van der Waals surface area (Å²) >= 11 is 0. The van der Waals surface area contributed by atoms with Gasteiger partial charge in [0.2, 0.25) is 0 Å². The van der Waals surface area contributed by atoms with Crippen molar-refractivity contribution in [2.75, 3.05) is 46.6 Å². The molecule has 29 heavy (non-hydrogen) atoms. The summed E-state index contributed by atoms with van der Waals surface area (Å²) in [4.78, 5) is 7.27. The second kappa shape index (κ2) is 12.0. The maximum atomic E-state index is 6.04. The maximum Gasteiger partial charge on any atom is 0.194 e. The highest BCUT2D eigenvalue weighted by atomic mass is 16.5. The number of nitrogens with zero attached hydrogens (tertiary/aromatic N) is 2. The van der Waals surface area contributed by atoms with Crippen LogP contribution in [0.1, 0.15) is 44.6 Å². The van der Waals surface area contributed by atoms with E-state index in [2.05, 4.69) is 35.3 Å². The quantitative estimate of drug-likeness (QED) is 0.348. The molecule has 0 spiro atoms. The Morgan fingerprint density at radius 2 is 1.93 bits per heavy atom. The number of guanidine groups is 1. The molecule has 1 heterocycles. The Morgan fingerprint density at radius 1 is 1.14 bits per heavy atom. The lowest BCUT2D eigenvalue weighted by Gasteiger charge is -2.34. The molecule has 162 valence electrons. The second-order valence-corrected chi connectivity index (χ2v) is 7.94. The van der Waals surface area contributed by atoms with Crippen molar-refractivity contribution in [3.63, 3.8) is 0 Å². The number of likely N-dealkylation sites (tertiary alicyclic amines) is 1. The summed E-state index contributed by atoms with van der Waals surface area (Å²) in [7, 11) is 1.73. The largest absolute Gasteiger partial charge is 0.493 e. The Bertz CT molecular complexity index is 626. The molecule has 0 atom stereocenters. The summed E-state index contributed by atoms with van der Waals surface area (Å²) in [5.41, 5.74) is 1.15. The van der Waals surface area contributed by atoms with E-state index in [1.54, 1.807) is 7.11 Å². The molecule has 1 saturated heterocycles. The molecule has 6 nitrogen and oxygen atoms in total. The van der Waals surface area contributed by atoms with Crippen molar-refractivity contribution in [3.8, 4) is 5.75 Å². The highest BCUT2D eigenvalue weighted by Crippen LogP contribution is 2.30. The van der Waals surface area contributed by atoms with Crippen molar-refractivity contribution < 1.29 is 14.2 Å². The van der Waals surface area contributed by atoms with Crippen LogP contribution in [0.25, 0.3) is 0 Å². The molecule has 0 radical (unpaired) electrons. The third-order valence-corrected chi connectivity index (χ3v) is 5.47. The average molecular weight is 404 g/mol. The van der Waals surface area contributed by atoms with Crippen LogP contribution in [0.3, 0.4) is 0 Å². The van der Waals surface area contributed by atoms with E-state index in [1.807, 2.05) is 6.07 Å². The Hall–Kier alpha value is -1.79. The van der Waals surface area contributed by atoms with Gasteiger partial charge in [0.15, 0.2) is 5.96 Å². The van der Waals surface area contributed by atoms with Crippen LogP contribution in [-0.2, 0) is 16.0 Å². The van der Waals surface area contributed by atoms with E-state index in [0.717, 1.165) is 81.9 Å². The number of piperidine rings is 1. The van der Waals surface area contributed by atoms with E-state index in [9.17, 15) is 0 Å². The molecule has 0 bridgehead atoms. The maximum absolute atomic E-state index is 6.04. The summed E-state index contributed by atoms with van der Waals surface area (Å²) in [5.74, 6) is 2.71. The fourth-order valence-electron chi connectivity index (χ4n) is 3.54. The van der Waals surface area contributed by atoms with E-state index >= 15 is 0 Å². The Morgan fingerprint density at radius 3 is 2.66 bits per heavy atom. The van der Waals surface area contributed by atoms with Crippen LogP contribution in [0.4, 0.5) is 0 Å². The van der Waals surface area contributed by atoms with Crippen LogP contribution in [0.5, 0.6) is 5.75 Å². The third-order valence-electron chi connectivity index (χ3n) is 5.47. The van der Waals surface area contributed by atoms with Gasteiger partial charge in [0.25, 0.3) is 0 Å². The van der Waals surface area contributed by atoms with Crippen LogP contribution in [0.2, 0.25) is 0 Å². The normalized spacial score (nSPS) is 18.1. The number of hydrogen-bond acceptors (Lipinski definition) is 4. The molecule has 1 aliphatic carbocycles. The van der Waals surface area contributed by atoms with E-state index in [4.69, 9.17) is 19.2 Å². The molecule has 6 heteroatoms. The first kappa shape index (κ1) is 21.9. The number of benzene rings is 1. The molecular weight excluding hydrogens is 366 g/mol. The number of nitrogens with one attached hydrogen (secondary N) is 1. The van der Waals surface area contributed by atoms with E-state index in [1.165, 1.54) is 12.8 Å². The number of hydrogen-bond donors (Lipinski definition) is 1. The molecule has 3 rings (SSSR count). The van der Waals surface area contributed by atoms with Crippen molar-refractivity contribution in [3.05, 3.63) is 29.8 Å². The van der Waals surface area contributed by atoms with Crippen molar-refractivity contribution in [2.45, 2.75) is 51.7 Å². The number of rotatable bonds is 11. The van der Waals surface area contributed by atoms with Gasteiger partial charge in [-0.15, -0.1) is 0 Å². The Kier molecular flexibility index (Phi) is 9.09. The van der Waals surface area contributed by atoms with Gasteiger partial charge in [0.1, 0.15) is 5.75 Å². The van der Waals surface area contributed by atoms with Crippen LogP contribution in [0, 0.1) is 5.92 Å². The summed E-state index contributed by atoms with van der Waals surface area (Å²) < 4.78 is 17.1. The number of para-hydroxylation sites is 1. The van der Waals surface area contributed by atoms with Crippen molar-refractivity contribution >= 4 is 5.96 Å². The van der Waals surface area contributed by atoms with Gasteiger partial charge in [-0.05, 0) is 51.0 Å². The molecule has 0 amide bonds. The summed E-state index contributed by atoms with van der Waals surface area (Å²) in [6.45, 7) is 7.95. The zero-order valence-electron chi connectivity index (χ0n) is 18.1. The molecular formula is C23H37N3O3. The number of aliphatic imine (C=N–C) groups is 1. The summed E-state index contributed by atoms with van der Waals surface area (Å²) in [6.07, 6.45) is 6.00. The predicted octanol–water partition coefficient (Wildman–Crippen LogP) is 3.46. The van der Waals surface area contributed by atoms with Crippen LogP contribution in [0.15, 0.2) is 29.3 Å². The van der Waals surface area contributed by atoms with Gasteiger partial charge in [0.05, 0.1) is 19.3 Å². The topological polar surface area (TPSA) is 55.3 Å². The lowest BCUT2D eigenvalue weighted by atomic mass is 10.1. The lowest BCUT2D eigenvalue weighted by Crippen LogP contribution is -2.47. The first-order chi connectivity index (χ1) is 14.3. The molecule has 1 N–H and O–H groups in total. The highest BCUT2D eigenvalue weighted by molar-refractivity contribution is 5.80. The summed E-state index contributed by atoms with van der Waals surface area (Å²) in [6, 6.07) is 8.29. The zero-order chi connectivity index (χ0) is 20.3. The molecule has 1 aliphatic heterocycles.